The van der Waals surface area contributed by atoms with Crippen LogP contribution in [-0.4, -0.2) is 34.9 Å². The van der Waals surface area contributed by atoms with Gasteiger partial charge in [0.2, 0.25) is 0 Å². The van der Waals surface area contributed by atoms with Gasteiger partial charge in [-0.2, -0.15) is 37.9 Å². The Hall–Kier alpha value is -0.400. The molecule has 0 spiro atoms. The Morgan fingerprint density at radius 1 is 0.960 bits per heavy atom. The molecule has 3 rings (SSSR count). The predicted molar refractivity (Wildman–Crippen MR) is 116 cm³/mol. The summed E-state index contributed by atoms with van der Waals surface area (Å²) in [5, 5.41) is 0.324. The second-order valence-electron chi connectivity index (χ2n) is 6.04. The first-order valence-electron chi connectivity index (χ1n) is 8.11. The van der Waals surface area contributed by atoms with Gasteiger partial charge in [0.05, 0.1) is 19.0 Å². The summed E-state index contributed by atoms with van der Waals surface area (Å²) in [4.78, 5) is 1.18. The third-order valence-corrected chi connectivity index (χ3v) is 7.82. The van der Waals surface area contributed by atoms with Gasteiger partial charge >= 0.3 is 0 Å². The molecule has 2 aromatic carbocycles. The molecule has 1 aliphatic heterocycles. The lowest BCUT2D eigenvalue weighted by Gasteiger charge is -2.36. The van der Waals surface area contributed by atoms with Crippen molar-refractivity contribution < 1.29 is 9.47 Å². The number of thiol groups is 3. The summed E-state index contributed by atoms with van der Waals surface area (Å²) in [6.07, 6.45) is 0.907. The Kier molecular flexibility index (Phi) is 6.97. The molecular formula is C19H22O2S4. The third kappa shape index (κ3) is 5.07. The largest absolute Gasteiger partial charge is 0.497 e. The van der Waals surface area contributed by atoms with Gasteiger partial charge in [-0.15, -0.1) is 0 Å². The maximum absolute atomic E-state index is 5.87. The number of hydrogen-bond acceptors (Lipinski definition) is 6. The van der Waals surface area contributed by atoms with E-state index in [-0.39, 0.29) is 21.2 Å². The third-order valence-electron chi connectivity index (χ3n) is 4.20. The molecule has 1 heterocycles. The molecule has 134 valence electrons. The summed E-state index contributed by atoms with van der Waals surface area (Å²) >= 11 is 15.5. The highest BCUT2D eigenvalue weighted by atomic mass is 32.2. The fourth-order valence-corrected chi connectivity index (χ4v) is 4.94. The van der Waals surface area contributed by atoms with E-state index in [4.69, 9.17) is 9.47 Å². The molecule has 2 aromatic rings. The molecule has 0 amide bonds. The number of methoxy groups -OCH3 is 1. The number of benzene rings is 2. The van der Waals surface area contributed by atoms with E-state index in [1.54, 1.807) is 18.9 Å². The molecule has 1 saturated heterocycles. The SMILES string of the molecule is COc1ccc(Cc2ccc(SC3OCC(S)C(S)C3S)cc2)cc1. The first kappa shape index (κ1) is 19.4. The maximum Gasteiger partial charge on any atom is 0.120 e. The molecule has 6 heteroatoms. The minimum Gasteiger partial charge on any atom is -0.497 e. The van der Waals surface area contributed by atoms with Crippen LogP contribution in [0.5, 0.6) is 5.75 Å². The molecular weight excluding hydrogens is 388 g/mol. The van der Waals surface area contributed by atoms with Crippen LogP contribution in [0.1, 0.15) is 11.1 Å². The van der Waals surface area contributed by atoms with Gasteiger partial charge < -0.3 is 9.47 Å². The summed E-state index contributed by atoms with van der Waals surface area (Å²) in [5.41, 5.74) is 2.55. The van der Waals surface area contributed by atoms with Crippen LogP contribution in [0.4, 0.5) is 0 Å². The van der Waals surface area contributed by atoms with Crippen LogP contribution in [0.15, 0.2) is 53.4 Å². The van der Waals surface area contributed by atoms with Gasteiger partial charge in [0, 0.05) is 15.4 Å². The Bertz CT molecular complexity index is 675. The summed E-state index contributed by atoms with van der Waals surface area (Å²) < 4.78 is 11.1. The van der Waals surface area contributed by atoms with Crippen LogP contribution < -0.4 is 4.74 Å². The first-order valence-corrected chi connectivity index (χ1v) is 10.5. The van der Waals surface area contributed by atoms with E-state index in [1.165, 1.54) is 16.0 Å². The molecule has 25 heavy (non-hydrogen) atoms. The molecule has 1 fully saturated rings. The molecule has 4 unspecified atom stereocenters. The van der Waals surface area contributed by atoms with Crippen molar-refractivity contribution in [1.29, 1.82) is 0 Å². The van der Waals surface area contributed by atoms with Crippen molar-refractivity contribution in [3.63, 3.8) is 0 Å². The average molecular weight is 411 g/mol. The average Bonchev–Trinajstić information content (AvgIpc) is 2.64. The number of hydrogen-bond donors (Lipinski definition) is 3. The zero-order valence-corrected chi connectivity index (χ0v) is 17.4. The van der Waals surface area contributed by atoms with Crippen molar-refractivity contribution in [2.45, 2.75) is 32.5 Å². The predicted octanol–water partition coefficient (Wildman–Crippen LogP) is 4.63. The Morgan fingerprint density at radius 3 is 2.16 bits per heavy atom. The van der Waals surface area contributed by atoms with E-state index >= 15 is 0 Å². The van der Waals surface area contributed by atoms with Crippen LogP contribution in [0.3, 0.4) is 0 Å². The van der Waals surface area contributed by atoms with Crippen LogP contribution in [0.2, 0.25) is 0 Å². The molecule has 0 aliphatic carbocycles. The normalized spacial score (nSPS) is 26.4. The minimum absolute atomic E-state index is 0.00155. The molecule has 1 aliphatic rings. The Morgan fingerprint density at radius 2 is 1.56 bits per heavy atom. The van der Waals surface area contributed by atoms with Crippen molar-refractivity contribution in [2.75, 3.05) is 13.7 Å². The number of rotatable bonds is 5. The Balaban J connectivity index is 1.60. The van der Waals surface area contributed by atoms with Gasteiger partial charge in [-0.25, -0.2) is 0 Å². The highest BCUT2D eigenvalue weighted by Gasteiger charge is 2.35. The van der Waals surface area contributed by atoms with Gasteiger partial charge in [-0.3, -0.25) is 0 Å². The molecule has 4 atom stereocenters. The van der Waals surface area contributed by atoms with E-state index in [0.29, 0.717) is 6.61 Å². The standard InChI is InChI=1S/C19H22O2S4/c1-20-14-6-2-12(3-7-14)10-13-4-8-15(9-5-13)25-19-18(24)17(23)16(22)11-21-19/h2-9,16-19,22-24H,10-11H2,1H3. The van der Waals surface area contributed by atoms with Gasteiger partial charge in [0.15, 0.2) is 0 Å². The van der Waals surface area contributed by atoms with E-state index in [9.17, 15) is 0 Å². The van der Waals surface area contributed by atoms with Crippen molar-refractivity contribution in [3.8, 4) is 5.75 Å². The van der Waals surface area contributed by atoms with E-state index in [2.05, 4.69) is 74.3 Å². The van der Waals surface area contributed by atoms with Gasteiger partial charge in [-0.05, 0) is 41.8 Å². The van der Waals surface area contributed by atoms with Gasteiger partial charge in [-0.1, -0.05) is 36.0 Å². The van der Waals surface area contributed by atoms with Crippen molar-refractivity contribution in [2.24, 2.45) is 0 Å². The topological polar surface area (TPSA) is 18.5 Å². The monoisotopic (exact) mass is 410 g/mol. The van der Waals surface area contributed by atoms with Crippen molar-refractivity contribution in [1.82, 2.24) is 0 Å². The van der Waals surface area contributed by atoms with Crippen LogP contribution >= 0.6 is 49.6 Å². The van der Waals surface area contributed by atoms with E-state index in [0.717, 1.165) is 12.2 Å². The van der Waals surface area contributed by atoms with E-state index in [1.807, 2.05) is 12.1 Å². The highest BCUT2D eigenvalue weighted by molar-refractivity contribution is 8.00. The molecule has 0 N–H and O–H groups in total. The molecule has 0 bridgehead atoms. The second-order valence-corrected chi connectivity index (χ2v) is 9.06. The zero-order valence-electron chi connectivity index (χ0n) is 13.9. The van der Waals surface area contributed by atoms with Crippen LogP contribution in [-0.2, 0) is 11.2 Å². The lowest BCUT2D eigenvalue weighted by atomic mass is 10.1. The summed E-state index contributed by atoms with van der Waals surface area (Å²) in [6, 6.07) is 16.8. The summed E-state index contributed by atoms with van der Waals surface area (Å²) in [5.74, 6) is 0.884. The molecule has 0 saturated carbocycles. The maximum atomic E-state index is 5.87. The fourth-order valence-electron chi connectivity index (χ4n) is 2.68. The smallest absolute Gasteiger partial charge is 0.120 e. The number of ether oxygens (including phenoxy) is 2. The quantitative estimate of drug-likeness (QED) is 0.625. The van der Waals surface area contributed by atoms with Gasteiger partial charge in [0.1, 0.15) is 11.2 Å². The summed E-state index contributed by atoms with van der Waals surface area (Å²) in [6.45, 7) is 0.613. The van der Waals surface area contributed by atoms with Gasteiger partial charge in [0.25, 0.3) is 0 Å². The fraction of sp³-hybridized carbons (Fsp3) is 0.368. The minimum atomic E-state index is 0.00155. The molecule has 0 radical (unpaired) electrons. The number of thioether (sulfide) groups is 1. The lowest BCUT2D eigenvalue weighted by molar-refractivity contribution is 0.0859. The second kappa shape index (κ2) is 9.00. The van der Waals surface area contributed by atoms with Crippen molar-refractivity contribution in [3.05, 3.63) is 59.7 Å². The van der Waals surface area contributed by atoms with E-state index < -0.39 is 0 Å². The van der Waals surface area contributed by atoms with Crippen LogP contribution in [0.25, 0.3) is 0 Å². The molecule has 0 aromatic heterocycles. The highest BCUT2D eigenvalue weighted by Crippen LogP contribution is 2.36. The zero-order chi connectivity index (χ0) is 17.8. The molecule has 2 nitrogen and oxygen atoms in total. The first-order chi connectivity index (χ1) is 12.1. The van der Waals surface area contributed by atoms with Crippen molar-refractivity contribution >= 4 is 49.6 Å². The lowest BCUT2D eigenvalue weighted by Crippen LogP contribution is -2.43. The summed E-state index contributed by atoms with van der Waals surface area (Å²) in [7, 11) is 1.68. The van der Waals surface area contributed by atoms with Crippen LogP contribution in [0, 0.1) is 0 Å². The Labute approximate surface area is 170 Å².